The molecule has 0 aliphatic carbocycles. The maximum Gasteiger partial charge on any atom is 0.511 e. The van der Waals surface area contributed by atoms with Gasteiger partial charge in [-0.25, -0.2) is 4.79 Å². The van der Waals surface area contributed by atoms with Gasteiger partial charge in [0.2, 0.25) is 0 Å². The van der Waals surface area contributed by atoms with Gasteiger partial charge in [0.05, 0.1) is 5.69 Å². The summed E-state index contributed by atoms with van der Waals surface area (Å²) in [5.74, 6) is 0.195. The molecule has 0 atom stereocenters. The zero-order valence-corrected chi connectivity index (χ0v) is 11.5. The highest BCUT2D eigenvalue weighted by Gasteiger charge is 2.12. The second kappa shape index (κ2) is 6.05. The molecular weight excluding hydrogens is 280 g/mol. The van der Waals surface area contributed by atoms with Gasteiger partial charge in [-0.1, -0.05) is 30.3 Å². The number of aromatic nitrogens is 2. The topological polar surface area (TPSA) is 72.3 Å². The van der Waals surface area contributed by atoms with Crippen molar-refractivity contribution >= 4 is 6.16 Å². The molecule has 1 aromatic carbocycles. The van der Waals surface area contributed by atoms with E-state index in [4.69, 9.17) is 9.84 Å². The second-order valence-electron chi connectivity index (χ2n) is 4.51. The van der Waals surface area contributed by atoms with Gasteiger partial charge in [0.25, 0.3) is 0 Å². The Hall–Kier alpha value is -3.21. The third-order valence-corrected chi connectivity index (χ3v) is 3.07. The number of carboxylic acid groups (broad SMARTS) is 1. The first kappa shape index (κ1) is 13.8. The molecule has 0 aliphatic heterocycles. The summed E-state index contributed by atoms with van der Waals surface area (Å²) in [6.07, 6.45) is 1.88. The van der Waals surface area contributed by atoms with Gasteiger partial charge in [-0.3, -0.25) is 9.97 Å². The largest absolute Gasteiger partial charge is 0.511 e. The van der Waals surface area contributed by atoms with Crippen LogP contribution in [0.15, 0.2) is 67.0 Å². The molecule has 1 N–H and O–H groups in total. The van der Waals surface area contributed by atoms with E-state index in [0.29, 0.717) is 5.69 Å². The van der Waals surface area contributed by atoms with Crippen LogP contribution in [0.2, 0.25) is 0 Å². The molecule has 2 heterocycles. The lowest BCUT2D eigenvalue weighted by molar-refractivity contribution is 0.144. The molecule has 0 spiro atoms. The van der Waals surface area contributed by atoms with Gasteiger partial charge in [-0.15, -0.1) is 0 Å². The monoisotopic (exact) mass is 292 g/mol. The highest BCUT2D eigenvalue weighted by molar-refractivity contribution is 5.74. The SMILES string of the molecule is O=C(O)Oc1cccnc1-c1ccnc(-c2ccccc2)c1. The fourth-order valence-corrected chi connectivity index (χ4v) is 2.13. The molecule has 0 saturated carbocycles. The van der Waals surface area contributed by atoms with Crippen LogP contribution in [0.5, 0.6) is 5.75 Å². The summed E-state index contributed by atoms with van der Waals surface area (Å²) in [4.78, 5) is 19.3. The van der Waals surface area contributed by atoms with E-state index in [1.54, 1.807) is 30.6 Å². The summed E-state index contributed by atoms with van der Waals surface area (Å²) in [5.41, 5.74) is 2.96. The third kappa shape index (κ3) is 2.93. The Bertz CT molecular complexity index is 804. The predicted molar refractivity (Wildman–Crippen MR) is 81.6 cm³/mol. The molecule has 0 bridgehead atoms. The van der Waals surface area contributed by atoms with Crippen molar-refractivity contribution in [2.24, 2.45) is 0 Å². The van der Waals surface area contributed by atoms with Crippen LogP contribution < -0.4 is 4.74 Å². The van der Waals surface area contributed by atoms with E-state index in [0.717, 1.165) is 16.8 Å². The van der Waals surface area contributed by atoms with Gasteiger partial charge in [-0.2, -0.15) is 0 Å². The molecule has 2 aromatic heterocycles. The molecule has 0 amide bonds. The maximum absolute atomic E-state index is 10.8. The minimum atomic E-state index is -1.37. The van der Waals surface area contributed by atoms with Crippen molar-refractivity contribution in [1.82, 2.24) is 9.97 Å². The number of benzene rings is 1. The van der Waals surface area contributed by atoms with Crippen molar-refractivity contribution in [3.05, 3.63) is 67.0 Å². The fraction of sp³-hybridized carbons (Fsp3) is 0. The molecular formula is C17H12N2O3. The Balaban J connectivity index is 2.05. The molecule has 0 fully saturated rings. The number of carbonyl (C=O) groups is 1. The summed E-state index contributed by atoms with van der Waals surface area (Å²) in [5, 5.41) is 8.81. The first-order chi connectivity index (χ1) is 10.7. The average molecular weight is 292 g/mol. The Morgan fingerprint density at radius 2 is 1.73 bits per heavy atom. The third-order valence-electron chi connectivity index (χ3n) is 3.07. The Kier molecular flexibility index (Phi) is 3.78. The minimum absolute atomic E-state index is 0.195. The molecule has 5 heteroatoms. The van der Waals surface area contributed by atoms with Crippen LogP contribution in [0.25, 0.3) is 22.5 Å². The second-order valence-corrected chi connectivity index (χ2v) is 4.51. The van der Waals surface area contributed by atoms with Crippen molar-refractivity contribution in [1.29, 1.82) is 0 Å². The van der Waals surface area contributed by atoms with E-state index in [1.165, 1.54) is 0 Å². The molecule has 0 saturated heterocycles. The zero-order chi connectivity index (χ0) is 15.4. The van der Waals surface area contributed by atoms with Gasteiger partial charge in [-0.05, 0) is 24.3 Å². The van der Waals surface area contributed by atoms with Gasteiger partial charge < -0.3 is 9.84 Å². The van der Waals surface area contributed by atoms with Crippen molar-refractivity contribution in [3.63, 3.8) is 0 Å². The number of hydrogen-bond donors (Lipinski definition) is 1. The molecule has 0 unspecified atom stereocenters. The summed E-state index contributed by atoms with van der Waals surface area (Å²) in [7, 11) is 0. The highest BCUT2D eigenvalue weighted by Crippen LogP contribution is 2.29. The number of rotatable bonds is 3. The van der Waals surface area contributed by atoms with E-state index in [2.05, 4.69) is 9.97 Å². The van der Waals surface area contributed by atoms with Crippen LogP contribution in [-0.4, -0.2) is 21.2 Å². The van der Waals surface area contributed by atoms with Crippen LogP contribution in [0.1, 0.15) is 0 Å². The Morgan fingerprint density at radius 1 is 0.909 bits per heavy atom. The summed E-state index contributed by atoms with van der Waals surface area (Å²) < 4.78 is 4.78. The van der Waals surface area contributed by atoms with Crippen LogP contribution in [0.4, 0.5) is 4.79 Å². The lowest BCUT2D eigenvalue weighted by atomic mass is 10.1. The van der Waals surface area contributed by atoms with Crippen molar-refractivity contribution in [3.8, 4) is 28.3 Å². The van der Waals surface area contributed by atoms with Crippen LogP contribution in [-0.2, 0) is 0 Å². The number of nitrogens with zero attached hydrogens (tertiary/aromatic N) is 2. The van der Waals surface area contributed by atoms with E-state index >= 15 is 0 Å². The van der Waals surface area contributed by atoms with Crippen LogP contribution >= 0.6 is 0 Å². The summed E-state index contributed by atoms with van der Waals surface area (Å²) in [6.45, 7) is 0. The quantitative estimate of drug-likeness (QED) is 0.742. The maximum atomic E-state index is 10.8. The zero-order valence-electron chi connectivity index (χ0n) is 11.5. The fourth-order valence-electron chi connectivity index (χ4n) is 2.13. The smallest absolute Gasteiger partial charge is 0.449 e. The predicted octanol–water partition coefficient (Wildman–Crippen LogP) is 3.87. The van der Waals surface area contributed by atoms with Gasteiger partial charge in [0.15, 0.2) is 5.75 Å². The van der Waals surface area contributed by atoms with Crippen molar-refractivity contribution in [2.75, 3.05) is 0 Å². The van der Waals surface area contributed by atoms with Crippen molar-refractivity contribution in [2.45, 2.75) is 0 Å². The van der Waals surface area contributed by atoms with Crippen molar-refractivity contribution < 1.29 is 14.6 Å². The number of hydrogen-bond acceptors (Lipinski definition) is 4. The van der Waals surface area contributed by atoms with E-state index in [9.17, 15) is 4.79 Å². The molecule has 22 heavy (non-hydrogen) atoms. The van der Waals surface area contributed by atoms with Gasteiger partial charge >= 0.3 is 6.16 Å². The summed E-state index contributed by atoms with van der Waals surface area (Å²) in [6, 6.07) is 16.5. The first-order valence-electron chi connectivity index (χ1n) is 6.61. The molecule has 108 valence electrons. The van der Waals surface area contributed by atoms with E-state index in [1.807, 2.05) is 36.4 Å². The van der Waals surface area contributed by atoms with Gasteiger partial charge in [0.1, 0.15) is 5.69 Å². The van der Waals surface area contributed by atoms with E-state index < -0.39 is 6.16 Å². The Labute approximate surface area is 126 Å². The number of ether oxygens (including phenoxy) is 1. The van der Waals surface area contributed by atoms with Crippen LogP contribution in [0.3, 0.4) is 0 Å². The standard InChI is InChI=1S/C17H12N2O3/c20-17(21)22-15-7-4-9-19-16(15)13-8-10-18-14(11-13)12-5-2-1-3-6-12/h1-11H,(H,20,21). The lowest BCUT2D eigenvalue weighted by Gasteiger charge is -2.08. The Morgan fingerprint density at radius 3 is 2.50 bits per heavy atom. The average Bonchev–Trinajstić information content (AvgIpc) is 2.56. The molecule has 3 aromatic rings. The molecule has 0 radical (unpaired) electrons. The summed E-state index contributed by atoms with van der Waals surface area (Å²) >= 11 is 0. The minimum Gasteiger partial charge on any atom is -0.449 e. The highest BCUT2D eigenvalue weighted by atomic mass is 16.7. The first-order valence-corrected chi connectivity index (χ1v) is 6.61. The molecule has 3 rings (SSSR count). The van der Waals surface area contributed by atoms with E-state index in [-0.39, 0.29) is 5.75 Å². The normalized spacial score (nSPS) is 10.2. The van der Waals surface area contributed by atoms with Gasteiger partial charge in [0, 0.05) is 23.5 Å². The van der Waals surface area contributed by atoms with Crippen LogP contribution in [0, 0.1) is 0 Å². The molecule has 0 aliphatic rings. The molecule has 5 nitrogen and oxygen atoms in total. The lowest BCUT2D eigenvalue weighted by Crippen LogP contribution is -2.04. The number of pyridine rings is 2.